The minimum atomic E-state index is 0. The number of ether oxygens (including phenoxy) is 1. The van der Waals surface area contributed by atoms with Gasteiger partial charge in [0.2, 0.25) is 11.8 Å². The Kier molecular flexibility index (Phi) is 4.49. The summed E-state index contributed by atoms with van der Waals surface area (Å²) in [5.41, 5.74) is 1.07. The van der Waals surface area contributed by atoms with Crippen LogP contribution in [0.15, 0.2) is 12.4 Å². The van der Waals surface area contributed by atoms with Crippen molar-refractivity contribution in [3.8, 4) is 5.88 Å². The van der Waals surface area contributed by atoms with Gasteiger partial charge in [-0.1, -0.05) is 0 Å². The van der Waals surface area contributed by atoms with E-state index in [9.17, 15) is 4.79 Å². The second-order valence-electron chi connectivity index (χ2n) is 6.18. The predicted octanol–water partition coefficient (Wildman–Crippen LogP) is 1.12. The quantitative estimate of drug-likeness (QED) is 0.902. The van der Waals surface area contributed by atoms with E-state index in [4.69, 9.17) is 4.74 Å². The zero-order valence-corrected chi connectivity index (χ0v) is 13.2. The van der Waals surface area contributed by atoms with Gasteiger partial charge in [-0.25, -0.2) is 4.98 Å². The molecular formula is C15H21ClN4O2. The monoisotopic (exact) mass is 324 g/mol. The molecule has 3 aliphatic rings. The van der Waals surface area contributed by atoms with Crippen LogP contribution in [0.3, 0.4) is 0 Å². The summed E-state index contributed by atoms with van der Waals surface area (Å²) in [6, 6.07) is 0.253. The van der Waals surface area contributed by atoms with E-state index in [1.54, 1.807) is 6.20 Å². The molecule has 120 valence electrons. The standard InChI is InChI=1S/C15H20N4O2.ClH/c20-15-3-4-16-6-11-5-12(9-19(11)15)21-14-8-17-13(7-18-14)10-1-2-10;/h7-8,10-12,16H,1-6,9H2;1H/t11-,12+;/m1./s1. The number of nitrogens with one attached hydrogen (secondary N) is 1. The van der Waals surface area contributed by atoms with Crippen LogP contribution < -0.4 is 10.1 Å². The van der Waals surface area contributed by atoms with Crippen molar-refractivity contribution < 1.29 is 9.53 Å². The van der Waals surface area contributed by atoms with Crippen LogP contribution in [0.2, 0.25) is 0 Å². The number of hydrogen-bond acceptors (Lipinski definition) is 5. The molecule has 0 spiro atoms. The lowest BCUT2D eigenvalue weighted by Gasteiger charge is -2.20. The summed E-state index contributed by atoms with van der Waals surface area (Å²) in [6.07, 6.45) is 7.47. The zero-order chi connectivity index (χ0) is 14.2. The van der Waals surface area contributed by atoms with Crippen LogP contribution in [0.1, 0.15) is 37.3 Å². The summed E-state index contributed by atoms with van der Waals surface area (Å²) in [5, 5.41) is 3.31. The molecule has 1 aromatic heterocycles. The van der Waals surface area contributed by atoms with Gasteiger partial charge in [0, 0.05) is 37.9 Å². The Morgan fingerprint density at radius 2 is 2.14 bits per heavy atom. The fourth-order valence-corrected chi connectivity index (χ4v) is 3.21. The molecule has 3 fully saturated rings. The summed E-state index contributed by atoms with van der Waals surface area (Å²) in [7, 11) is 0. The van der Waals surface area contributed by atoms with Gasteiger partial charge in [0.25, 0.3) is 0 Å². The van der Waals surface area contributed by atoms with Gasteiger partial charge in [-0.2, -0.15) is 0 Å². The number of rotatable bonds is 3. The highest BCUT2D eigenvalue weighted by molar-refractivity contribution is 5.85. The van der Waals surface area contributed by atoms with E-state index in [0.29, 0.717) is 24.8 Å². The van der Waals surface area contributed by atoms with Gasteiger partial charge in [-0.15, -0.1) is 12.4 Å². The molecule has 1 aromatic rings. The molecule has 6 nitrogen and oxygen atoms in total. The summed E-state index contributed by atoms with van der Waals surface area (Å²) in [4.78, 5) is 22.8. The summed E-state index contributed by atoms with van der Waals surface area (Å²) in [5.74, 6) is 1.41. The third-order valence-corrected chi connectivity index (χ3v) is 4.52. The zero-order valence-electron chi connectivity index (χ0n) is 12.4. The van der Waals surface area contributed by atoms with Crippen LogP contribution in [0.25, 0.3) is 0 Å². The maximum Gasteiger partial charge on any atom is 0.232 e. The van der Waals surface area contributed by atoms with Gasteiger partial charge in [0.05, 0.1) is 24.6 Å². The second kappa shape index (κ2) is 6.38. The van der Waals surface area contributed by atoms with E-state index in [1.165, 1.54) is 12.8 Å². The average Bonchev–Trinajstić information content (AvgIpc) is 3.28. The summed E-state index contributed by atoms with van der Waals surface area (Å²) < 4.78 is 5.92. The Hall–Kier alpha value is -1.40. The molecule has 22 heavy (non-hydrogen) atoms. The molecule has 1 amide bonds. The maximum absolute atomic E-state index is 12.0. The summed E-state index contributed by atoms with van der Waals surface area (Å²) in [6.45, 7) is 2.31. The number of amides is 1. The van der Waals surface area contributed by atoms with Crippen LogP contribution in [0.4, 0.5) is 0 Å². The third kappa shape index (κ3) is 3.17. The fraction of sp³-hybridized carbons (Fsp3) is 0.667. The van der Waals surface area contributed by atoms with Crippen molar-refractivity contribution in [2.24, 2.45) is 0 Å². The van der Waals surface area contributed by atoms with Gasteiger partial charge in [0.15, 0.2) is 0 Å². The molecule has 0 aromatic carbocycles. The van der Waals surface area contributed by atoms with Crippen molar-refractivity contribution in [3.63, 3.8) is 0 Å². The van der Waals surface area contributed by atoms with Crippen LogP contribution in [0, 0.1) is 0 Å². The van der Waals surface area contributed by atoms with Crippen LogP contribution in [-0.2, 0) is 4.79 Å². The number of halogens is 1. The molecule has 0 unspecified atom stereocenters. The first-order valence-corrected chi connectivity index (χ1v) is 7.78. The summed E-state index contributed by atoms with van der Waals surface area (Å²) >= 11 is 0. The highest BCUT2D eigenvalue weighted by atomic mass is 35.5. The lowest BCUT2D eigenvalue weighted by molar-refractivity contribution is -0.131. The first-order valence-electron chi connectivity index (χ1n) is 7.78. The molecule has 1 saturated carbocycles. The smallest absolute Gasteiger partial charge is 0.232 e. The third-order valence-electron chi connectivity index (χ3n) is 4.52. The van der Waals surface area contributed by atoms with Crippen molar-refractivity contribution in [3.05, 3.63) is 18.1 Å². The minimum absolute atomic E-state index is 0. The van der Waals surface area contributed by atoms with Crippen LogP contribution in [0.5, 0.6) is 5.88 Å². The Balaban J connectivity index is 0.00000144. The number of hydrogen-bond donors (Lipinski definition) is 1. The Bertz CT molecular complexity index is 535. The predicted molar refractivity (Wildman–Crippen MR) is 83.3 cm³/mol. The number of nitrogens with zero attached hydrogens (tertiary/aromatic N) is 3. The molecule has 0 bridgehead atoms. The minimum Gasteiger partial charge on any atom is -0.471 e. The molecular weight excluding hydrogens is 304 g/mol. The molecule has 7 heteroatoms. The number of fused-ring (bicyclic) bond motifs is 1. The van der Waals surface area contributed by atoms with E-state index >= 15 is 0 Å². The van der Waals surface area contributed by atoms with Gasteiger partial charge in [0.1, 0.15) is 6.10 Å². The first-order chi connectivity index (χ1) is 10.3. The van der Waals surface area contributed by atoms with E-state index < -0.39 is 0 Å². The second-order valence-corrected chi connectivity index (χ2v) is 6.18. The van der Waals surface area contributed by atoms with E-state index in [-0.39, 0.29) is 30.5 Å². The molecule has 1 N–H and O–H groups in total. The van der Waals surface area contributed by atoms with Crippen molar-refractivity contribution in [2.75, 3.05) is 19.6 Å². The average molecular weight is 325 g/mol. The van der Waals surface area contributed by atoms with Crippen molar-refractivity contribution >= 4 is 18.3 Å². The number of carbonyl (C=O) groups excluding carboxylic acids is 1. The van der Waals surface area contributed by atoms with E-state index in [1.807, 2.05) is 11.1 Å². The normalized spacial score (nSPS) is 27.8. The molecule has 1 aliphatic carbocycles. The molecule has 2 aliphatic heterocycles. The van der Waals surface area contributed by atoms with Gasteiger partial charge in [-0.05, 0) is 12.8 Å². The SMILES string of the molecule is Cl.O=C1CCNC[C@H]2C[C@H](Oc3cnc(C4CC4)cn3)CN12. The number of aromatic nitrogens is 2. The van der Waals surface area contributed by atoms with Gasteiger partial charge in [-0.3, -0.25) is 9.78 Å². The Morgan fingerprint density at radius 1 is 1.27 bits per heavy atom. The van der Waals surface area contributed by atoms with Crippen molar-refractivity contribution in [1.29, 1.82) is 0 Å². The van der Waals surface area contributed by atoms with E-state index in [0.717, 1.165) is 25.2 Å². The largest absolute Gasteiger partial charge is 0.471 e. The topological polar surface area (TPSA) is 67.3 Å². The highest BCUT2D eigenvalue weighted by Crippen LogP contribution is 2.38. The Morgan fingerprint density at radius 3 is 2.86 bits per heavy atom. The van der Waals surface area contributed by atoms with E-state index in [2.05, 4.69) is 15.3 Å². The lowest BCUT2D eigenvalue weighted by Crippen LogP contribution is -2.37. The molecule has 0 radical (unpaired) electrons. The van der Waals surface area contributed by atoms with Gasteiger partial charge >= 0.3 is 0 Å². The van der Waals surface area contributed by atoms with Crippen LogP contribution in [-0.4, -0.2) is 52.6 Å². The molecule has 2 saturated heterocycles. The Labute approximate surface area is 136 Å². The van der Waals surface area contributed by atoms with Crippen molar-refractivity contribution in [1.82, 2.24) is 20.2 Å². The van der Waals surface area contributed by atoms with Crippen molar-refractivity contribution in [2.45, 2.75) is 43.7 Å². The highest BCUT2D eigenvalue weighted by Gasteiger charge is 2.37. The molecule has 4 rings (SSSR count). The lowest BCUT2D eigenvalue weighted by atomic mass is 10.2. The maximum atomic E-state index is 12.0. The molecule has 3 heterocycles. The number of carbonyl (C=O) groups is 1. The first kappa shape index (κ1) is 15.5. The fourth-order valence-electron chi connectivity index (χ4n) is 3.21. The molecule has 2 atom stereocenters. The van der Waals surface area contributed by atoms with Gasteiger partial charge < -0.3 is 15.0 Å². The van der Waals surface area contributed by atoms with Crippen LogP contribution >= 0.6 is 12.4 Å².